The van der Waals surface area contributed by atoms with Crippen LogP contribution < -0.4 is 0 Å². The van der Waals surface area contributed by atoms with Crippen molar-refractivity contribution in [2.75, 3.05) is 20.6 Å². The van der Waals surface area contributed by atoms with E-state index in [1.165, 1.54) is 0 Å². The Kier molecular flexibility index (Phi) is 6.55. The van der Waals surface area contributed by atoms with Crippen molar-refractivity contribution >= 4 is 29.7 Å². The highest BCUT2D eigenvalue weighted by molar-refractivity contribution is 7.71. The minimum Gasteiger partial charge on any atom is -0.347 e. The zero-order valence-electron chi connectivity index (χ0n) is 17.7. The zero-order valence-corrected chi connectivity index (χ0v) is 19.3. The monoisotopic (exact) mass is 455 g/mol. The Morgan fingerprint density at radius 3 is 2.55 bits per heavy atom. The molecular weight excluding hydrogens is 430 g/mol. The molecule has 1 aliphatic rings. The molecule has 162 valence electrons. The second kappa shape index (κ2) is 9.34. The number of carbonyl (C=O) groups is 1. The van der Waals surface area contributed by atoms with E-state index in [9.17, 15) is 4.79 Å². The van der Waals surface area contributed by atoms with Crippen LogP contribution in [0.25, 0.3) is 11.4 Å². The fourth-order valence-corrected chi connectivity index (χ4v) is 4.37. The summed E-state index contributed by atoms with van der Waals surface area (Å²) in [6.07, 6.45) is 1.85. The van der Waals surface area contributed by atoms with Crippen molar-refractivity contribution in [1.82, 2.24) is 24.1 Å². The van der Waals surface area contributed by atoms with Gasteiger partial charge in [-0.15, -0.1) is 0 Å². The van der Waals surface area contributed by atoms with E-state index in [1.807, 2.05) is 51.7 Å². The maximum absolute atomic E-state index is 12.6. The Morgan fingerprint density at radius 2 is 1.87 bits per heavy atom. The van der Waals surface area contributed by atoms with Gasteiger partial charge in [0.1, 0.15) is 0 Å². The zero-order chi connectivity index (χ0) is 22.0. The highest BCUT2D eigenvalue weighted by Gasteiger charge is 2.32. The van der Waals surface area contributed by atoms with E-state index in [0.717, 1.165) is 36.3 Å². The van der Waals surface area contributed by atoms with Gasteiger partial charge in [0.25, 0.3) is 0 Å². The molecule has 1 aromatic heterocycles. The fourth-order valence-electron chi connectivity index (χ4n) is 4.00. The smallest absolute Gasteiger partial charge is 0.239 e. The predicted octanol–water partition coefficient (Wildman–Crippen LogP) is 4.29. The van der Waals surface area contributed by atoms with E-state index in [-0.39, 0.29) is 11.9 Å². The summed E-state index contributed by atoms with van der Waals surface area (Å²) < 4.78 is 4.52. The van der Waals surface area contributed by atoms with Gasteiger partial charge in [0.15, 0.2) is 10.6 Å². The highest BCUT2D eigenvalue weighted by Crippen LogP contribution is 2.24. The molecule has 4 rings (SSSR count). The second-order valence-electron chi connectivity index (χ2n) is 8.03. The summed E-state index contributed by atoms with van der Waals surface area (Å²) in [6, 6.07) is 17.7. The molecule has 0 unspecified atom stereocenters. The summed E-state index contributed by atoms with van der Waals surface area (Å²) >= 11 is 11.9. The van der Waals surface area contributed by atoms with Gasteiger partial charge >= 0.3 is 0 Å². The van der Waals surface area contributed by atoms with Gasteiger partial charge in [0.2, 0.25) is 5.91 Å². The van der Waals surface area contributed by atoms with Gasteiger partial charge in [-0.1, -0.05) is 41.9 Å². The maximum atomic E-state index is 12.6. The van der Waals surface area contributed by atoms with E-state index in [4.69, 9.17) is 28.9 Å². The summed E-state index contributed by atoms with van der Waals surface area (Å²) in [7, 11) is 3.61. The summed E-state index contributed by atoms with van der Waals surface area (Å²) in [4.78, 5) is 16.4. The van der Waals surface area contributed by atoms with Crippen LogP contribution in [0.4, 0.5) is 0 Å². The van der Waals surface area contributed by atoms with Crippen molar-refractivity contribution < 1.29 is 4.79 Å². The van der Waals surface area contributed by atoms with Crippen molar-refractivity contribution in [1.29, 1.82) is 0 Å². The molecule has 1 saturated heterocycles. The first-order valence-corrected chi connectivity index (χ1v) is 11.2. The van der Waals surface area contributed by atoms with Crippen LogP contribution in [0.2, 0.25) is 5.02 Å². The average Bonchev–Trinajstić information content (AvgIpc) is 3.35. The van der Waals surface area contributed by atoms with Crippen molar-refractivity contribution in [2.45, 2.75) is 32.1 Å². The van der Waals surface area contributed by atoms with Gasteiger partial charge in [-0.3, -0.25) is 14.3 Å². The normalized spacial score (nSPS) is 16.5. The fraction of sp³-hybridized carbons (Fsp3) is 0.348. The highest BCUT2D eigenvalue weighted by atomic mass is 35.5. The first-order chi connectivity index (χ1) is 14.9. The minimum atomic E-state index is -0.129. The number of rotatable bonds is 6. The van der Waals surface area contributed by atoms with Crippen LogP contribution >= 0.6 is 23.8 Å². The molecule has 0 radical (unpaired) electrons. The van der Waals surface area contributed by atoms with Gasteiger partial charge < -0.3 is 4.90 Å². The topological polar surface area (TPSA) is 46.3 Å². The molecule has 31 heavy (non-hydrogen) atoms. The molecular formula is C23H26ClN5OS. The Bertz CT molecular complexity index is 1110. The van der Waals surface area contributed by atoms with Crippen LogP contribution in [-0.2, 0) is 18.0 Å². The lowest BCUT2D eigenvalue weighted by Gasteiger charge is -2.25. The maximum Gasteiger partial charge on any atom is 0.239 e. The van der Waals surface area contributed by atoms with Crippen LogP contribution in [0.3, 0.4) is 0 Å². The van der Waals surface area contributed by atoms with Crippen molar-refractivity contribution in [2.24, 2.45) is 0 Å². The number of hydrogen-bond donors (Lipinski definition) is 0. The van der Waals surface area contributed by atoms with Gasteiger partial charge in [0, 0.05) is 31.2 Å². The number of aromatic nitrogens is 3. The molecule has 1 atom stereocenters. The quantitative estimate of drug-likeness (QED) is 0.520. The third-order valence-corrected chi connectivity index (χ3v) is 6.30. The molecule has 0 bridgehead atoms. The van der Waals surface area contributed by atoms with Crippen LogP contribution in [0.5, 0.6) is 0 Å². The third kappa shape index (κ3) is 4.74. The molecule has 1 aliphatic heterocycles. The molecule has 1 amide bonds. The van der Waals surface area contributed by atoms with E-state index >= 15 is 0 Å². The van der Waals surface area contributed by atoms with Crippen LogP contribution in [0.1, 0.15) is 18.4 Å². The van der Waals surface area contributed by atoms with Crippen LogP contribution in [0, 0.1) is 4.77 Å². The minimum absolute atomic E-state index is 0.129. The number of likely N-dealkylation sites (N-methyl/N-ethyl adjacent to an activating group) is 1. The van der Waals surface area contributed by atoms with E-state index in [1.54, 1.807) is 19.0 Å². The Morgan fingerprint density at radius 1 is 1.16 bits per heavy atom. The summed E-state index contributed by atoms with van der Waals surface area (Å²) in [5.41, 5.74) is 2.10. The SMILES string of the molecule is CN(C)C(=O)[C@H]1CCCN1Cn1nc(-c2ccc(Cl)cc2)n(Cc2ccccc2)c1=S. The first-order valence-electron chi connectivity index (χ1n) is 10.4. The molecule has 6 nitrogen and oxygen atoms in total. The lowest BCUT2D eigenvalue weighted by atomic mass is 10.2. The molecule has 0 aliphatic carbocycles. The number of carbonyl (C=O) groups excluding carboxylic acids is 1. The second-order valence-corrected chi connectivity index (χ2v) is 8.83. The number of halogens is 1. The van der Waals surface area contributed by atoms with E-state index < -0.39 is 0 Å². The largest absolute Gasteiger partial charge is 0.347 e. The third-order valence-electron chi connectivity index (χ3n) is 5.61. The van der Waals surface area contributed by atoms with E-state index in [0.29, 0.717) is 23.0 Å². The summed E-state index contributed by atoms with van der Waals surface area (Å²) in [5.74, 6) is 0.922. The molecule has 0 N–H and O–H groups in total. The number of amides is 1. The molecule has 0 saturated carbocycles. The average molecular weight is 456 g/mol. The molecule has 3 aromatic rings. The molecule has 2 heterocycles. The van der Waals surface area contributed by atoms with Gasteiger partial charge in [-0.25, -0.2) is 4.68 Å². The Balaban J connectivity index is 1.70. The van der Waals surface area contributed by atoms with E-state index in [2.05, 4.69) is 17.0 Å². The molecule has 1 fully saturated rings. The number of likely N-dealkylation sites (tertiary alicyclic amines) is 1. The van der Waals surface area contributed by atoms with Gasteiger partial charge in [0.05, 0.1) is 19.3 Å². The predicted molar refractivity (Wildman–Crippen MR) is 125 cm³/mol. The van der Waals surface area contributed by atoms with Crippen molar-refractivity contribution in [3.8, 4) is 11.4 Å². The van der Waals surface area contributed by atoms with Crippen molar-refractivity contribution in [3.05, 3.63) is 70.0 Å². The molecule has 0 spiro atoms. The first kappa shape index (κ1) is 21.7. The number of nitrogens with zero attached hydrogens (tertiary/aromatic N) is 5. The lowest BCUT2D eigenvalue weighted by Crippen LogP contribution is -2.43. The summed E-state index contributed by atoms with van der Waals surface area (Å²) in [5, 5.41) is 5.55. The van der Waals surface area contributed by atoms with Crippen molar-refractivity contribution in [3.63, 3.8) is 0 Å². The Labute approximate surface area is 192 Å². The van der Waals surface area contributed by atoms with Gasteiger partial charge in [-0.05, 0) is 54.9 Å². The summed E-state index contributed by atoms with van der Waals surface area (Å²) in [6.45, 7) is 1.97. The number of benzene rings is 2. The lowest BCUT2D eigenvalue weighted by molar-refractivity contribution is -0.134. The Hall–Kier alpha value is -2.48. The standard InChI is InChI=1S/C23H26ClN5OS/c1-26(2)22(30)20-9-6-14-27(20)16-29-23(31)28(15-17-7-4-3-5-8-17)21(25-29)18-10-12-19(24)13-11-18/h3-5,7-8,10-13,20H,6,9,14-16H2,1-2H3/t20-/m1/s1. The number of hydrogen-bond acceptors (Lipinski definition) is 4. The van der Waals surface area contributed by atoms with Crippen LogP contribution in [-0.4, -0.2) is 56.7 Å². The molecule has 2 aromatic carbocycles. The van der Waals surface area contributed by atoms with Gasteiger partial charge in [-0.2, -0.15) is 5.10 Å². The van der Waals surface area contributed by atoms with Crippen LogP contribution in [0.15, 0.2) is 54.6 Å². The molecule has 8 heteroatoms.